The largest absolute Gasteiger partial charge is 0.346 e. The summed E-state index contributed by atoms with van der Waals surface area (Å²) in [6, 6.07) is 12.5. The summed E-state index contributed by atoms with van der Waals surface area (Å²) in [4.78, 5) is 15.0. The number of hydrogen-bond donors (Lipinski definition) is 1. The lowest BCUT2D eigenvalue weighted by Crippen LogP contribution is -2.40. The molecule has 0 unspecified atom stereocenters. The van der Waals surface area contributed by atoms with Gasteiger partial charge in [0.25, 0.3) is 5.91 Å². The number of carbonyl (C=O) groups is 1. The molecular formula is C20H24N4O. The van der Waals surface area contributed by atoms with E-state index >= 15 is 0 Å². The van der Waals surface area contributed by atoms with Crippen LogP contribution in [0.3, 0.4) is 0 Å². The van der Waals surface area contributed by atoms with Crippen molar-refractivity contribution in [3.8, 4) is 0 Å². The molecule has 0 bridgehead atoms. The molecule has 1 amide bonds. The number of nitrogens with one attached hydrogen (secondary N) is 1. The van der Waals surface area contributed by atoms with E-state index in [2.05, 4.69) is 51.6 Å². The second-order valence-electron chi connectivity index (χ2n) is 7.39. The predicted molar refractivity (Wildman–Crippen MR) is 96.1 cm³/mol. The van der Waals surface area contributed by atoms with Crippen LogP contribution in [0.15, 0.2) is 42.6 Å². The molecule has 2 aliphatic rings. The fourth-order valence-electron chi connectivity index (χ4n) is 3.60. The molecule has 5 heteroatoms. The summed E-state index contributed by atoms with van der Waals surface area (Å²) >= 11 is 0. The molecule has 4 rings (SSSR count). The average Bonchev–Trinajstić information content (AvgIpc) is 3.42. The molecule has 0 radical (unpaired) electrons. The maximum absolute atomic E-state index is 12.6. The smallest absolute Gasteiger partial charge is 0.272 e. The van der Waals surface area contributed by atoms with Crippen molar-refractivity contribution in [2.24, 2.45) is 5.92 Å². The highest BCUT2D eigenvalue weighted by atomic mass is 16.2. The Balaban J connectivity index is 1.37. The molecular weight excluding hydrogens is 312 g/mol. The lowest BCUT2D eigenvalue weighted by Gasteiger charge is -2.17. The van der Waals surface area contributed by atoms with Gasteiger partial charge in [-0.1, -0.05) is 37.3 Å². The third kappa shape index (κ3) is 3.87. The van der Waals surface area contributed by atoms with Crippen LogP contribution < -0.4 is 5.32 Å². The lowest BCUT2D eigenvalue weighted by molar-refractivity contribution is 0.0925. The quantitative estimate of drug-likeness (QED) is 0.912. The first-order valence-electron chi connectivity index (χ1n) is 9.09. The van der Waals surface area contributed by atoms with Crippen LogP contribution in [0.4, 0.5) is 0 Å². The molecule has 25 heavy (non-hydrogen) atoms. The van der Waals surface area contributed by atoms with Gasteiger partial charge in [-0.05, 0) is 41.9 Å². The van der Waals surface area contributed by atoms with Crippen molar-refractivity contribution in [3.63, 3.8) is 0 Å². The second kappa shape index (κ2) is 6.92. The summed E-state index contributed by atoms with van der Waals surface area (Å²) in [6.45, 7) is 4.99. The fourth-order valence-corrected chi connectivity index (χ4v) is 3.60. The van der Waals surface area contributed by atoms with Crippen molar-refractivity contribution in [3.05, 3.63) is 59.4 Å². The summed E-state index contributed by atoms with van der Waals surface area (Å²) in [5.74, 6) is 0.898. The number of rotatable bonds is 5. The van der Waals surface area contributed by atoms with Crippen molar-refractivity contribution < 1.29 is 4.79 Å². The van der Waals surface area contributed by atoms with Gasteiger partial charge in [0.1, 0.15) is 0 Å². The zero-order valence-corrected chi connectivity index (χ0v) is 14.6. The first kappa shape index (κ1) is 16.2. The van der Waals surface area contributed by atoms with Gasteiger partial charge in [0.2, 0.25) is 0 Å². The zero-order chi connectivity index (χ0) is 17.2. The Morgan fingerprint density at radius 2 is 2.04 bits per heavy atom. The maximum atomic E-state index is 12.6. The van der Waals surface area contributed by atoms with Crippen LogP contribution in [-0.4, -0.2) is 40.1 Å². The molecule has 1 N–H and O–H groups in total. The molecule has 1 aromatic heterocycles. The predicted octanol–water partition coefficient (Wildman–Crippen LogP) is 2.60. The van der Waals surface area contributed by atoms with Crippen molar-refractivity contribution in [1.82, 2.24) is 20.4 Å². The first-order chi connectivity index (χ1) is 12.2. The van der Waals surface area contributed by atoms with E-state index in [0.29, 0.717) is 17.5 Å². The van der Waals surface area contributed by atoms with E-state index in [9.17, 15) is 4.79 Å². The summed E-state index contributed by atoms with van der Waals surface area (Å²) in [5.41, 5.74) is 2.90. The van der Waals surface area contributed by atoms with E-state index in [0.717, 1.165) is 25.2 Å². The molecule has 5 nitrogen and oxygen atoms in total. The number of likely N-dealkylation sites (tertiary alicyclic amines) is 1. The molecule has 2 atom stereocenters. The summed E-state index contributed by atoms with van der Waals surface area (Å²) in [7, 11) is 0. The molecule has 1 aliphatic heterocycles. The molecule has 2 aromatic rings. The van der Waals surface area contributed by atoms with Gasteiger partial charge in [0.15, 0.2) is 5.69 Å². The van der Waals surface area contributed by atoms with Crippen LogP contribution in [0.1, 0.15) is 47.3 Å². The summed E-state index contributed by atoms with van der Waals surface area (Å²) in [6.07, 6.45) is 4.18. The molecule has 1 saturated heterocycles. The molecule has 0 spiro atoms. The van der Waals surface area contributed by atoms with Crippen LogP contribution in [0.25, 0.3) is 0 Å². The van der Waals surface area contributed by atoms with Crippen molar-refractivity contribution >= 4 is 5.91 Å². The van der Waals surface area contributed by atoms with E-state index in [1.807, 2.05) is 12.1 Å². The molecule has 2 fully saturated rings. The molecule has 1 aliphatic carbocycles. The Hall–Kier alpha value is -2.27. The normalized spacial score (nSPS) is 23.6. The van der Waals surface area contributed by atoms with E-state index < -0.39 is 0 Å². The minimum atomic E-state index is -0.103. The molecule has 2 heterocycles. The Bertz CT molecular complexity index is 744. The van der Waals surface area contributed by atoms with E-state index in [1.165, 1.54) is 18.4 Å². The Kier molecular flexibility index (Phi) is 4.49. The maximum Gasteiger partial charge on any atom is 0.272 e. The Labute approximate surface area is 148 Å². The zero-order valence-electron chi connectivity index (χ0n) is 14.6. The van der Waals surface area contributed by atoms with Crippen LogP contribution in [0.2, 0.25) is 0 Å². The third-order valence-electron chi connectivity index (χ3n) is 5.21. The van der Waals surface area contributed by atoms with E-state index in [1.54, 1.807) is 6.20 Å². The van der Waals surface area contributed by atoms with Crippen LogP contribution in [-0.2, 0) is 6.54 Å². The third-order valence-corrected chi connectivity index (χ3v) is 5.21. The van der Waals surface area contributed by atoms with Crippen LogP contribution >= 0.6 is 0 Å². The van der Waals surface area contributed by atoms with Gasteiger partial charge in [-0.3, -0.25) is 9.69 Å². The van der Waals surface area contributed by atoms with Crippen LogP contribution in [0, 0.1) is 5.92 Å². The number of benzene rings is 1. The Morgan fingerprint density at radius 1 is 1.24 bits per heavy atom. The highest BCUT2D eigenvalue weighted by Crippen LogP contribution is 2.39. The standard InChI is InChI=1S/C20H24N4O/c1-14-11-24(12-15-5-3-2-4-6-15)13-19(14)22-20(25)18-9-17(10-21-23-18)16-7-8-16/h2-6,9-10,14,16,19H,7-8,11-13H2,1H3,(H,22,25)/t14-,19+/m0/s1. The van der Waals surface area contributed by atoms with Gasteiger partial charge < -0.3 is 5.32 Å². The average molecular weight is 336 g/mol. The number of carbonyl (C=O) groups excluding carboxylic acids is 1. The number of hydrogen-bond acceptors (Lipinski definition) is 4. The highest BCUT2D eigenvalue weighted by Gasteiger charge is 2.31. The topological polar surface area (TPSA) is 58.1 Å². The monoisotopic (exact) mass is 336 g/mol. The minimum Gasteiger partial charge on any atom is -0.346 e. The van der Waals surface area contributed by atoms with Gasteiger partial charge in [-0.2, -0.15) is 5.10 Å². The van der Waals surface area contributed by atoms with Gasteiger partial charge in [-0.15, -0.1) is 5.10 Å². The van der Waals surface area contributed by atoms with Gasteiger partial charge in [0.05, 0.1) is 6.20 Å². The first-order valence-corrected chi connectivity index (χ1v) is 9.09. The van der Waals surface area contributed by atoms with Gasteiger partial charge in [0, 0.05) is 25.7 Å². The number of amides is 1. The number of aromatic nitrogens is 2. The summed E-state index contributed by atoms with van der Waals surface area (Å²) < 4.78 is 0. The lowest BCUT2D eigenvalue weighted by atomic mass is 10.1. The molecule has 130 valence electrons. The van der Waals surface area contributed by atoms with Crippen LogP contribution in [0.5, 0.6) is 0 Å². The van der Waals surface area contributed by atoms with Gasteiger partial charge in [-0.25, -0.2) is 0 Å². The van der Waals surface area contributed by atoms with E-state index in [-0.39, 0.29) is 11.9 Å². The van der Waals surface area contributed by atoms with Crippen molar-refractivity contribution in [2.45, 2.75) is 38.3 Å². The molecule has 1 saturated carbocycles. The number of nitrogens with zero attached hydrogens (tertiary/aromatic N) is 3. The summed E-state index contributed by atoms with van der Waals surface area (Å²) in [5, 5.41) is 11.2. The van der Waals surface area contributed by atoms with E-state index in [4.69, 9.17) is 0 Å². The second-order valence-corrected chi connectivity index (χ2v) is 7.39. The minimum absolute atomic E-state index is 0.103. The van der Waals surface area contributed by atoms with Gasteiger partial charge >= 0.3 is 0 Å². The van der Waals surface area contributed by atoms with Crippen molar-refractivity contribution in [2.75, 3.05) is 13.1 Å². The Morgan fingerprint density at radius 3 is 2.80 bits per heavy atom. The van der Waals surface area contributed by atoms with Crippen molar-refractivity contribution in [1.29, 1.82) is 0 Å². The molecule has 1 aromatic carbocycles. The highest BCUT2D eigenvalue weighted by molar-refractivity contribution is 5.92. The fraction of sp³-hybridized carbons (Fsp3) is 0.450. The SMILES string of the molecule is C[C@H]1CN(Cc2ccccc2)C[C@H]1NC(=O)c1cc(C2CC2)cnn1.